The van der Waals surface area contributed by atoms with Crippen molar-refractivity contribution >= 4 is 49.9 Å². The molecule has 1 aromatic carbocycles. The summed E-state index contributed by atoms with van der Waals surface area (Å²) >= 11 is 8.14. The van der Waals surface area contributed by atoms with Gasteiger partial charge in [-0.05, 0) is 60.2 Å². The maximum Gasteiger partial charge on any atom is 0.232 e. The SMILES string of the molecule is CC(C)NCCCCS(=O)(=O)Nc1ccc(I)cc1Cl. The Morgan fingerprint density at radius 1 is 1.30 bits per heavy atom. The first-order valence-corrected chi connectivity index (χ1v) is 9.60. The van der Waals surface area contributed by atoms with Gasteiger partial charge in [0.05, 0.1) is 16.5 Å². The molecule has 2 N–H and O–H groups in total. The number of anilines is 1. The number of halogens is 2. The van der Waals surface area contributed by atoms with Gasteiger partial charge in [0.15, 0.2) is 0 Å². The molecule has 1 rings (SSSR count). The largest absolute Gasteiger partial charge is 0.315 e. The first-order valence-electron chi connectivity index (χ1n) is 6.49. The van der Waals surface area contributed by atoms with Gasteiger partial charge in [-0.15, -0.1) is 0 Å². The normalized spacial score (nSPS) is 11.8. The summed E-state index contributed by atoms with van der Waals surface area (Å²) in [4.78, 5) is 0. The third kappa shape index (κ3) is 7.10. The first kappa shape index (κ1) is 18.0. The molecule has 0 unspecified atom stereocenters. The average Bonchev–Trinajstić information content (AvgIpc) is 2.32. The number of sulfonamides is 1. The van der Waals surface area contributed by atoms with Crippen molar-refractivity contribution in [2.75, 3.05) is 17.0 Å². The van der Waals surface area contributed by atoms with Crippen molar-refractivity contribution in [2.24, 2.45) is 0 Å². The molecule has 0 aliphatic heterocycles. The summed E-state index contributed by atoms with van der Waals surface area (Å²) in [5.41, 5.74) is 0.437. The van der Waals surface area contributed by atoms with E-state index in [9.17, 15) is 8.42 Å². The summed E-state index contributed by atoms with van der Waals surface area (Å²) in [6.07, 6.45) is 1.45. The molecule has 0 aromatic heterocycles. The monoisotopic (exact) mass is 430 g/mol. The van der Waals surface area contributed by atoms with Gasteiger partial charge in [-0.3, -0.25) is 4.72 Å². The summed E-state index contributed by atoms with van der Waals surface area (Å²) in [6.45, 7) is 4.96. The predicted molar refractivity (Wildman–Crippen MR) is 94.0 cm³/mol. The van der Waals surface area contributed by atoms with E-state index in [0.29, 0.717) is 23.2 Å². The second-order valence-corrected chi connectivity index (χ2v) is 8.36. The Balaban J connectivity index is 2.45. The van der Waals surface area contributed by atoms with Crippen LogP contribution in [0.15, 0.2) is 18.2 Å². The Kier molecular flexibility index (Phi) is 7.57. The van der Waals surface area contributed by atoms with Gasteiger partial charge in [0.2, 0.25) is 10.0 Å². The van der Waals surface area contributed by atoms with Gasteiger partial charge < -0.3 is 5.32 Å². The lowest BCUT2D eigenvalue weighted by atomic mass is 10.3. The van der Waals surface area contributed by atoms with Gasteiger partial charge in [0, 0.05) is 9.61 Å². The van der Waals surface area contributed by atoms with E-state index >= 15 is 0 Å². The van der Waals surface area contributed by atoms with Gasteiger partial charge in [0.25, 0.3) is 0 Å². The van der Waals surface area contributed by atoms with Crippen LogP contribution in [-0.2, 0) is 10.0 Å². The topological polar surface area (TPSA) is 58.2 Å². The quantitative estimate of drug-likeness (QED) is 0.490. The summed E-state index contributed by atoms with van der Waals surface area (Å²) in [6, 6.07) is 5.65. The van der Waals surface area contributed by atoms with E-state index in [4.69, 9.17) is 11.6 Å². The minimum Gasteiger partial charge on any atom is -0.315 e. The summed E-state index contributed by atoms with van der Waals surface area (Å²) in [7, 11) is -3.34. The van der Waals surface area contributed by atoms with Crippen molar-refractivity contribution < 1.29 is 8.42 Å². The van der Waals surface area contributed by atoms with E-state index in [1.54, 1.807) is 12.1 Å². The molecular formula is C13H20ClIN2O2S. The van der Waals surface area contributed by atoms with Crippen molar-refractivity contribution in [3.63, 3.8) is 0 Å². The fraction of sp³-hybridized carbons (Fsp3) is 0.538. The van der Waals surface area contributed by atoms with E-state index < -0.39 is 10.0 Å². The molecule has 20 heavy (non-hydrogen) atoms. The van der Waals surface area contributed by atoms with E-state index in [2.05, 4.69) is 46.5 Å². The molecule has 1 aromatic rings. The van der Waals surface area contributed by atoms with Gasteiger partial charge in [0.1, 0.15) is 0 Å². The number of benzene rings is 1. The van der Waals surface area contributed by atoms with Crippen LogP contribution >= 0.6 is 34.2 Å². The third-order valence-corrected chi connectivity index (χ3v) is 4.93. The van der Waals surface area contributed by atoms with Crippen molar-refractivity contribution in [1.29, 1.82) is 0 Å². The van der Waals surface area contributed by atoms with Crippen LogP contribution in [0.25, 0.3) is 0 Å². The van der Waals surface area contributed by atoms with E-state index in [0.717, 1.165) is 16.5 Å². The molecule has 0 heterocycles. The van der Waals surface area contributed by atoms with Crippen LogP contribution in [0, 0.1) is 3.57 Å². The van der Waals surface area contributed by atoms with Crippen LogP contribution in [0.5, 0.6) is 0 Å². The molecule has 0 aliphatic rings. The maximum atomic E-state index is 11.9. The Bertz CT molecular complexity index is 535. The fourth-order valence-electron chi connectivity index (χ4n) is 1.60. The van der Waals surface area contributed by atoms with Crippen molar-refractivity contribution in [2.45, 2.75) is 32.7 Å². The van der Waals surface area contributed by atoms with E-state index in [1.165, 1.54) is 0 Å². The van der Waals surface area contributed by atoms with Crippen LogP contribution in [0.1, 0.15) is 26.7 Å². The molecule has 0 radical (unpaired) electrons. The third-order valence-electron chi connectivity index (χ3n) is 2.59. The molecule has 7 heteroatoms. The number of hydrogen-bond donors (Lipinski definition) is 2. The zero-order valence-electron chi connectivity index (χ0n) is 11.6. The molecule has 0 saturated heterocycles. The molecule has 0 saturated carbocycles. The summed E-state index contributed by atoms with van der Waals surface area (Å²) < 4.78 is 27.4. The van der Waals surface area contributed by atoms with Crippen molar-refractivity contribution in [1.82, 2.24) is 5.32 Å². The molecule has 0 amide bonds. The molecule has 0 spiro atoms. The molecule has 114 valence electrons. The highest BCUT2D eigenvalue weighted by atomic mass is 127. The molecule has 0 atom stereocenters. The summed E-state index contributed by atoms with van der Waals surface area (Å²) in [5, 5.41) is 3.68. The van der Waals surface area contributed by atoms with E-state index in [1.807, 2.05) is 6.07 Å². The van der Waals surface area contributed by atoms with Crippen LogP contribution in [0.4, 0.5) is 5.69 Å². The van der Waals surface area contributed by atoms with Gasteiger partial charge in [-0.2, -0.15) is 0 Å². The molecule has 4 nitrogen and oxygen atoms in total. The number of nitrogens with one attached hydrogen (secondary N) is 2. The number of rotatable bonds is 8. The highest BCUT2D eigenvalue weighted by Gasteiger charge is 2.12. The highest BCUT2D eigenvalue weighted by molar-refractivity contribution is 14.1. The second kappa shape index (κ2) is 8.41. The van der Waals surface area contributed by atoms with Gasteiger partial charge in [-0.1, -0.05) is 25.4 Å². The number of hydrogen-bond acceptors (Lipinski definition) is 3. The highest BCUT2D eigenvalue weighted by Crippen LogP contribution is 2.24. The lowest BCUT2D eigenvalue weighted by molar-refractivity contribution is 0.561. The Morgan fingerprint density at radius 2 is 2.00 bits per heavy atom. The molecule has 0 bridgehead atoms. The lowest BCUT2D eigenvalue weighted by Gasteiger charge is -2.10. The fourth-order valence-corrected chi connectivity index (χ4v) is 3.76. The minimum absolute atomic E-state index is 0.106. The van der Waals surface area contributed by atoms with Crippen LogP contribution in [-0.4, -0.2) is 26.8 Å². The second-order valence-electron chi connectivity index (χ2n) is 4.86. The zero-order chi connectivity index (χ0) is 15.2. The maximum absolute atomic E-state index is 11.9. The Morgan fingerprint density at radius 3 is 2.60 bits per heavy atom. The number of unbranched alkanes of at least 4 members (excludes halogenated alkanes) is 1. The van der Waals surface area contributed by atoms with Crippen LogP contribution in [0.3, 0.4) is 0 Å². The average molecular weight is 431 g/mol. The first-order chi connectivity index (χ1) is 9.30. The van der Waals surface area contributed by atoms with Gasteiger partial charge >= 0.3 is 0 Å². The lowest BCUT2D eigenvalue weighted by Crippen LogP contribution is -2.24. The smallest absolute Gasteiger partial charge is 0.232 e. The molecule has 0 aliphatic carbocycles. The molecule has 0 fully saturated rings. The summed E-state index contributed by atoms with van der Waals surface area (Å²) in [5.74, 6) is 0.106. The minimum atomic E-state index is -3.34. The van der Waals surface area contributed by atoms with Crippen LogP contribution < -0.4 is 10.0 Å². The Labute approximate surface area is 139 Å². The molecular weight excluding hydrogens is 411 g/mol. The van der Waals surface area contributed by atoms with Crippen LogP contribution in [0.2, 0.25) is 5.02 Å². The van der Waals surface area contributed by atoms with Crippen molar-refractivity contribution in [3.05, 3.63) is 26.8 Å². The Hall–Kier alpha value is -0.0500. The standard InChI is InChI=1S/C13H20ClIN2O2S/c1-10(2)16-7-3-4-8-20(18,19)17-13-6-5-11(15)9-12(13)14/h5-6,9-10,16-17H,3-4,7-8H2,1-2H3. The van der Waals surface area contributed by atoms with E-state index in [-0.39, 0.29) is 5.75 Å². The van der Waals surface area contributed by atoms with Crippen molar-refractivity contribution in [3.8, 4) is 0 Å². The van der Waals surface area contributed by atoms with Gasteiger partial charge in [-0.25, -0.2) is 8.42 Å². The zero-order valence-corrected chi connectivity index (χ0v) is 15.3. The predicted octanol–water partition coefficient (Wildman–Crippen LogP) is 3.46.